The van der Waals surface area contributed by atoms with Crippen molar-refractivity contribution < 1.29 is 4.42 Å². The van der Waals surface area contributed by atoms with Crippen LogP contribution < -0.4 is 10.6 Å². The molecule has 122 valence electrons. The van der Waals surface area contributed by atoms with E-state index in [4.69, 9.17) is 4.42 Å². The quantitative estimate of drug-likeness (QED) is 0.278. The molecule has 0 aliphatic heterocycles. The van der Waals surface area contributed by atoms with Gasteiger partial charge in [0.15, 0.2) is 11.7 Å². The Morgan fingerprint density at radius 1 is 1.36 bits per heavy atom. The molecule has 0 aliphatic carbocycles. The highest BCUT2D eigenvalue weighted by Crippen LogP contribution is 2.14. The molecule has 0 aromatic carbocycles. The lowest BCUT2D eigenvalue weighted by Gasteiger charge is -2.10. The third-order valence-corrected chi connectivity index (χ3v) is 2.99. The molecule has 8 heteroatoms. The minimum absolute atomic E-state index is 0. The Kier molecular flexibility index (Phi) is 8.56. The molecule has 0 aliphatic rings. The van der Waals surface area contributed by atoms with E-state index in [9.17, 15) is 0 Å². The SMILES string of the molecule is CCCCCNC(=NC)NCc1nc(-c2ccco2)n[nH]1.I. The van der Waals surface area contributed by atoms with Crippen molar-refractivity contribution in [3.63, 3.8) is 0 Å². The van der Waals surface area contributed by atoms with Crippen LogP contribution in [0.5, 0.6) is 0 Å². The molecule has 3 N–H and O–H groups in total. The van der Waals surface area contributed by atoms with E-state index in [-0.39, 0.29) is 24.0 Å². The Morgan fingerprint density at radius 3 is 2.91 bits per heavy atom. The molecule has 0 spiro atoms. The largest absolute Gasteiger partial charge is 0.461 e. The van der Waals surface area contributed by atoms with Crippen molar-refractivity contribution in [1.29, 1.82) is 0 Å². The maximum atomic E-state index is 5.25. The zero-order chi connectivity index (χ0) is 14.9. The fraction of sp³-hybridized carbons (Fsp3) is 0.500. The summed E-state index contributed by atoms with van der Waals surface area (Å²) in [6.45, 7) is 3.64. The van der Waals surface area contributed by atoms with Gasteiger partial charge in [0.2, 0.25) is 5.82 Å². The minimum atomic E-state index is 0. The Labute approximate surface area is 147 Å². The second-order valence-corrected chi connectivity index (χ2v) is 4.64. The summed E-state index contributed by atoms with van der Waals surface area (Å²) in [6.07, 6.45) is 5.17. The molecule has 0 unspecified atom stereocenters. The molecule has 2 aromatic rings. The van der Waals surface area contributed by atoms with Crippen molar-refractivity contribution in [2.75, 3.05) is 13.6 Å². The molecule has 22 heavy (non-hydrogen) atoms. The molecule has 0 bridgehead atoms. The number of aromatic amines is 1. The molecule has 0 saturated carbocycles. The summed E-state index contributed by atoms with van der Waals surface area (Å²) >= 11 is 0. The van der Waals surface area contributed by atoms with Crippen LogP contribution in [0.15, 0.2) is 27.8 Å². The lowest BCUT2D eigenvalue weighted by atomic mass is 10.2. The normalized spacial score (nSPS) is 11.1. The second kappa shape index (κ2) is 10.2. The third kappa shape index (κ3) is 5.66. The molecule has 2 heterocycles. The Morgan fingerprint density at radius 2 is 2.23 bits per heavy atom. The first-order chi connectivity index (χ1) is 10.3. The fourth-order valence-electron chi connectivity index (χ4n) is 1.86. The van der Waals surface area contributed by atoms with Gasteiger partial charge in [-0.15, -0.1) is 29.1 Å². The Balaban J connectivity index is 0.00000242. The number of nitrogens with zero attached hydrogens (tertiary/aromatic N) is 3. The summed E-state index contributed by atoms with van der Waals surface area (Å²) in [5.74, 6) is 2.71. The lowest BCUT2D eigenvalue weighted by Crippen LogP contribution is -2.37. The molecule has 2 rings (SSSR count). The van der Waals surface area contributed by atoms with Crippen LogP contribution in [0.2, 0.25) is 0 Å². The number of halogens is 1. The predicted molar refractivity (Wildman–Crippen MR) is 97.2 cm³/mol. The van der Waals surface area contributed by atoms with E-state index in [0.29, 0.717) is 18.1 Å². The number of H-pyrrole nitrogens is 1. The van der Waals surface area contributed by atoms with Crippen LogP contribution in [0.25, 0.3) is 11.6 Å². The summed E-state index contributed by atoms with van der Waals surface area (Å²) in [6, 6.07) is 3.64. The summed E-state index contributed by atoms with van der Waals surface area (Å²) < 4.78 is 5.25. The maximum absolute atomic E-state index is 5.25. The van der Waals surface area contributed by atoms with Crippen molar-refractivity contribution in [2.45, 2.75) is 32.7 Å². The van der Waals surface area contributed by atoms with Crippen LogP contribution in [0, 0.1) is 0 Å². The highest BCUT2D eigenvalue weighted by Gasteiger charge is 2.08. The molecule has 0 saturated heterocycles. The zero-order valence-corrected chi connectivity index (χ0v) is 15.3. The van der Waals surface area contributed by atoms with E-state index in [1.165, 1.54) is 12.8 Å². The first-order valence-corrected chi connectivity index (χ1v) is 7.23. The Bertz CT molecular complexity index is 551. The summed E-state index contributed by atoms with van der Waals surface area (Å²) in [5.41, 5.74) is 0. The van der Waals surface area contributed by atoms with Gasteiger partial charge in [0, 0.05) is 13.6 Å². The topological polar surface area (TPSA) is 91.1 Å². The van der Waals surface area contributed by atoms with Gasteiger partial charge in [-0.25, -0.2) is 4.98 Å². The molecular formula is C14H23IN6O. The number of aromatic nitrogens is 3. The highest BCUT2D eigenvalue weighted by atomic mass is 127. The van der Waals surface area contributed by atoms with Gasteiger partial charge in [-0.05, 0) is 18.6 Å². The summed E-state index contributed by atoms with van der Waals surface area (Å²) in [5, 5.41) is 13.5. The second-order valence-electron chi connectivity index (χ2n) is 4.64. The maximum Gasteiger partial charge on any atom is 0.216 e. The Hall–Kier alpha value is -1.58. The standard InChI is InChI=1S/C14H22N6O.HI/c1-3-4-5-8-16-14(15-2)17-10-12-18-13(20-19-12)11-7-6-9-21-11;/h6-7,9H,3-5,8,10H2,1-2H3,(H2,15,16,17)(H,18,19,20);1H. The molecule has 7 nitrogen and oxygen atoms in total. The predicted octanol–water partition coefficient (Wildman–Crippen LogP) is 2.54. The monoisotopic (exact) mass is 418 g/mol. The molecule has 2 aromatic heterocycles. The summed E-state index contributed by atoms with van der Waals surface area (Å²) in [7, 11) is 1.75. The van der Waals surface area contributed by atoms with Crippen LogP contribution in [0.3, 0.4) is 0 Å². The van der Waals surface area contributed by atoms with Gasteiger partial charge >= 0.3 is 0 Å². The van der Waals surface area contributed by atoms with Crippen molar-refractivity contribution >= 4 is 29.9 Å². The third-order valence-electron chi connectivity index (χ3n) is 2.99. The van der Waals surface area contributed by atoms with Crippen LogP contribution in [0.4, 0.5) is 0 Å². The van der Waals surface area contributed by atoms with Crippen LogP contribution in [0.1, 0.15) is 32.0 Å². The fourth-order valence-corrected chi connectivity index (χ4v) is 1.86. The van der Waals surface area contributed by atoms with E-state index in [0.717, 1.165) is 24.7 Å². The number of aliphatic imine (C=N–C) groups is 1. The smallest absolute Gasteiger partial charge is 0.216 e. The van der Waals surface area contributed by atoms with Gasteiger partial charge in [-0.1, -0.05) is 19.8 Å². The first-order valence-electron chi connectivity index (χ1n) is 7.23. The average molecular weight is 418 g/mol. The van der Waals surface area contributed by atoms with Gasteiger partial charge in [-0.3, -0.25) is 10.1 Å². The van der Waals surface area contributed by atoms with Gasteiger partial charge in [0.25, 0.3) is 0 Å². The number of furan rings is 1. The first kappa shape index (κ1) is 18.5. The van der Waals surface area contributed by atoms with E-state index in [2.05, 4.69) is 37.7 Å². The molecule has 0 fully saturated rings. The van der Waals surface area contributed by atoms with Crippen LogP contribution in [-0.4, -0.2) is 34.7 Å². The van der Waals surface area contributed by atoms with Crippen LogP contribution >= 0.6 is 24.0 Å². The van der Waals surface area contributed by atoms with Gasteiger partial charge in [0.05, 0.1) is 12.8 Å². The average Bonchev–Trinajstić information content (AvgIpc) is 3.17. The van der Waals surface area contributed by atoms with E-state index >= 15 is 0 Å². The lowest BCUT2D eigenvalue weighted by molar-refractivity contribution is 0.577. The number of hydrogen-bond acceptors (Lipinski definition) is 4. The number of hydrogen-bond donors (Lipinski definition) is 3. The number of guanidine groups is 1. The summed E-state index contributed by atoms with van der Waals surface area (Å²) in [4.78, 5) is 8.53. The van der Waals surface area contributed by atoms with E-state index < -0.39 is 0 Å². The molecule has 0 amide bonds. The minimum Gasteiger partial charge on any atom is -0.461 e. The van der Waals surface area contributed by atoms with Gasteiger partial charge in [0.1, 0.15) is 5.82 Å². The molecular weight excluding hydrogens is 395 g/mol. The van der Waals surface area contributed by atoms with E-state index in [1.54, 1.807) is 13.3 Å². The number of rotatable bonds is 7. The van der Waals surface area contributed by atoms with Crippen molar-refractivity contribution in [1.82, 2.24) is 25.8 Å². The van der Waals surface area contributed by atoms with Crippen molar-refractivity contribution in [3.8, 4) is 11.6 Å². The van der Waals surface area contributed by atoms with Gasteiger partial charge in [-0.2, -0.15) is 0 Å². The zero-order valence-electron chi connectivity index (χ0n) is 12.9. The van der Waals surface area contributed by atoms with Crippen LogP contribution in [-0.2, 0) is 6.54 Å². The van der Waals surface area contributed by atoms with E-state index in [1.807, 2.05) is 12.1 Å². The van der Waals surface area contributed by atoms with Gasteiger partial charge < -0.3 is 15.1 Å². The number of nitrogens with one attached hydrogen (secondary N) is 3. The number of unbranched alkanes of at least 4 members (excludes halogenated alkanes) is 2. The van der Waals surface area contributed by atoms with Crippen molar-refractivity contribution in [3.05, 3.63) is 24.2 Å². The highest BCUT2D eigenvalue weighted by molar-refractivity contribution is 14.0. The van der Waals surface area contributed by atoms with Crippen molar-refractivity contribution in [2.24, 2.45) is 4.99 Å². The molecule has 0 radical (unpaired) electrons. The molecule has 0 atom stereocenters.